The molecule has 1 heterocycles. The van der Waals surface area contributed by atoms with E-state index >= 15 is 0 Å². The van der Waals surface area contributed by atoms with Gasteiger partial charge in [-0.05, 0) is 32.9 Å². The highest BCUT2D eigenvalue weighted by Gasteiger charge is 2.16. The first kappa shape index (κ1) is 17.4. The Morgan fingerprint density at radius 3 is 2.59 bits per heavy atom. The van der Waals surface area contributed by atoms with E-state index in [1.807, 2.05) is 0 Å². The largest absolute Gasteiger partial charge is 0.478 e. The number of carboxylic acids is 1. The number of ether oxygens (including phenoxy) is 1. The van der Waals surface area contributed by atoms with Gasteiger partial charge >= 0.3 is 12.1 Å². The van der Waals surface area contributed by atoms with E-state index in [9.17, 15) is 14.4 Å². The average molecular weight is 309 g/mol. The van der Waals surface area contributed by atoms with Gasteiger partial charge in [0, 0.05) is 19.2 Å². The van der Waals surface area contributed by atoms with Crippen LogP contribution < -0.4 is 10.6 Å². The highest BCUT2D eigenvalue weighted by molar-refractivity contribution is 5.99. The number of anilines is 1. The van der Waals surface area contributed by atoms with Crippen molar-refractivity contribution < 1.29 is 24.2 Å². The number of nitrogens with one attached hydrogen (secondary N) is 2. The standard InChI is InChI=1S/C14H19N3O5/c1-14(2,3)22-13(21)16-8-6-10(18)17-11-9(12(19)20)5-4-7-15-11/h4-5,7H,6,8H2,1-3H3,(H,16,21)(H,19,20)(H,15,17,18). The SMILES string of the molecule is CC(C)(C)OC(=O)NCCC(=O)Nc1ncccc1C(=O)O. The van der Waals surface area contributed by atoms with E-state index in [1.54, 1.807) is 20.8 Å². The molecule has 0 saturated carbocycles. The fraction of sp³-hybridized carbons (Fsp3) is 0.429. The third kappa shape index (κ3) is 6.21. The molecule has 2 amide bonds. The maximum Gasteiger partial charge on any atom is 0.407 e. The Morgan fingerprint density at radius 1 is 1.32 bits per heavy atom. The molecule has 1 aromatic heterocycles. The van der Waals surface area contributed by atoms with Crippen molar-refractivity contribution in [3.05, 3.63) is 23.9 Å². The van der Waals surface area contributed by atoms with Crippen LogP contribution in [0.25, 0.3) is 0 Å². The van der Waals surface area contributed by atoms with Gasteiger partial charge in [0.1, 0.15) is 17.0 Å². The Kier molecular flexibility index (Phi) is 5.85. The highest BCUT2D eigenvalue weighted by Crippen LogP contribution is 2.11. The molecule has 0 unspecified atom stereocenters. The summed E-state index contributed by atoms with van der Waals surface area (Å²) in [6, 6.07) is 2.80. The first-order valence-electron chi connectivity index (χ1n) is 6.64. The number of nitrogens with zero attached hydrogens (tertiary/aromatic N) is 1. The molecule has 8 nitrogen and oxygen atoms in total. The maximum absolute atomic E-state index is 11.7. The summed E-state index contributed by atoms with van der Waals surface area (Å²) >= 11 is 0. The predicted octanol–water partition coefficient (Wildman–Crippen LogP) is 1.63. The van der Waals surface area contributed by atoms with Gasteiger partial charge in [-0.1, -0.05) is 0 Å². The number of aromatic carboxylic acids is 1. The predicted molar refractivity (Wildman–Crippen MR) is 78.7 cm³/mol. The quantitative estimate of drug-likeness (QED) is 0.761. The van der Waals surface area contributed by atoms with Gasteiger partial charge in [0.05, 0.1) is 0 Å². The number of rotatable bonds is 5. The number of carboxylic acid groups (broad SMARTS) is 1. The van der Waals surface area contributed by atoms with Gasteiger partial charge in [-0.15, -0.1) is 0 Å². The van der Waals surface area contributed by atoms with Gasteiger partial charge < -0.3 is 20.5 Å². The number of alkyl carbamates (subject to hydrolysis) is 1. The lowest BCUT2D eigenvalue weighted by Gasteiger charge is -2.19. The molecule has 0 fully saturated rings. The molecular weight excluding hydrogens is 290 g/mol. The number of amides is 2. The minimum absolute atomic E-state index is 0.0303. The molecule has 0 radical (unpaired) electrons. The number of carbonyl (C=O) groups is 3. The van der Waals surface area contributed by atoms with Crippen LogP contribution in [-0.4, -0.2) is 40.2 Å². The zero-order valence-electron chi connectivity index (χ0n) is 12.7. The van der Waals surface area contributed by atoms with Gasteiger partial charge in [0.2, 0.25) is 5.91 Å². The van der Waals surface area contributed by atoms with Crippen molar-refractivity contribution in [3.63, 3.8) is 0 Å². The summed E-state index contributed by atoms with van der Waals surface area (Å²) in [5.74, 6) is -1.68. The zero-order valence-corrected chi connectivity index (χ0v) is 12.7. The molecule has 0 aromatic carbocycles. The third-order valence-electron chi connectivity index (χ3n) is 2.32. The lowest BCUT2D eigenvalue weighted by molar-refractivity contribution is -0.116. The molecule has 120 valence electrons. The van der Waals surface area contributed by atoms with Crippen molar-refractivity contribution in [2.45, 2.75) is 32.8 Å². The number of carbonyl (C=O) groups excluding carboxylic acids is 2. The van der Waals surface area contributed by atoms with Crippen LogP contribution in [0.5, 0.6) is 0 Å². The fourth-order valence-corrected chi connectivity index (χ4v) is 1.46. The smallest absolute Gasteiger partial charge is 0.407 e. The average Bonchev–Trinajstić information content (AvgIpc) is 2.36. The molecule has 22 heavy (non-hydrogen) atoms. The summed E-state index contributed by atoms with van der Waals surface area (Å²) in [7, 11) is 0. The van der Waals surface area contributed by atoms with E-state index in [-0.39, 0.29) is 24.3 Å². The van der Waals surface area contributed by atoms with Crippen LogP contribution in [0.4, 0.5) is 10.6 Å². The van der Waals surface area contributed by atoms with Crippen LogP contribution in [0.1, 0.15) is 37.6 Å². The molecule has 0 bridgehead atoms. The Hall–Kier alpha value is -2.64. The van der Waals surface area contributed by atoms with Crippen molar-refractivity contribution in [2.75, 3.05) is 11.9 Å². The highest BCUT2D eigenvalue weighted by atomic mass is 16.6. The van der Waals surface area contributed by atoms with Gasteiger partial charge in [-0.2, -0.15) is 0 Å². The fourth-order valence-electron chi connectivity index (χ4n) is 1.46. The minimum atomic E-state index is -1.18. The van der Waals surface area contributed by atoms with Crippen LogP contribution >= 0.6 is 0 Å². The van der Waals surface area contributed by atoms with Gasteiger partial charge in [0.25, 0.3) is 0 Å². The molecule has 1 aromatic rings. The lowest BCUT2D eigenvalue weighted by atomic mass is 10.2. The summed E-state index contributed by atoms with van der Waals surface area (Å²) in [4.78, 5) is 37.9. The number of pyridine rings is 1. The molecular formula is C14H19N3O5. The van der Waals surface area contributed by atoms with Crippen molar-refractivity contribution in [2.24, 2.45) is 0 Å². The number of hydrogen-bond acceptors (Lipinski definition) is 5. The number of aromatic nitrogens is 1. The van der Waals surface area contributed by atoms with E-state index in [2.05, 4.69) is 15.6 Å². The second-order valence-corrected chi connectivity index (χ2v) is 5.43. The van der Waals surface area contributed by atoms with Crippen molar-refractivity contribution in [3.8, 4) is 0 Å². The Labute approximate surface area is 127 Å². The maximum atomic E-state index is 11.7. The van der Waals surface area contributed by atoms with Crippen LogP contribution in [0, 0.1) is 0 Å². The van der Waals surface area contributed by atoms with E-state index in [4.69, 9.17) is 9.84 Å². The summed E-state index contributed by atoms with van der Waals surface area (Å²) in [6.45, 7) is 5.26. The molecule has 0 atom stereocenters. The monoisotopic (exact) mass is 309 g/mol. The van der Waals surface area contributed by atoms with Gasteiger partial charge in [-0.3, -0.25) is 4.79 Å². The van der Waals surface area contributed by atoms with Gasteiger partial charge in [-0.25, -0.2) is 14.6 Å². The summed E-state index contributed by atoms with van der Waals surface area (Å²) in [6.07, 6.45) is 0.722. The first-order valence-corrected chi connectivity index (χ1v) is 6.64. The zero-order chi connectivity index (χ0) is 16.8. The Morgan fingerprint density at radius 2 is 2.00 bits per heavy atom. The van der Waals surface area contributed by atoms with Crippen LogP contribution in [0.15, 0.2) is 18.3 Å². The van der Waals surface area contributed by atoms with Crippen LogP contribution in [-0.2, 0) is 9.53 Å². The second kappa shape index (κ2) is 7.39. The topological polar surface area (TPSA) is 118 Å². The normalized spacial score (nSPS) is 10.7. The van der Waals surface area contributed by atoms with Crippen LogP contribution in [0.3, 0.4) is 0 Å². The Balaban J connectivity index is 2.45. The molecule has 0 spiro atoms. The lowest BCUT2D eigenvalue weighted by Crippen LogP contribution is -2.34. The van der Waals surface area contributed by atoms with E-state index in [1.165, 1.54) is 18.3 Å². The first-order chi connectivity index (χ1) is 10.2. The molecule has 8 heteroatoms. The summed E-state index contributed by atoms with van der Waals surface area (Å²) in [5, 5.41) is 13.8. The Bertz CT molecular complexity index is 566. The summed E-state index contributed by atoms with van der Waals surface area (Å²) < 4.78 is 5.02. The molecule has 1 rings (SSSR count). The molecule has 0 aliphatic rings. The molecule has 0 aliphatic carbocycles. The van der Waals surface area contributed by atoms with E-state index in [0.29, 0.717) is 0 Å². The summed E-state index contributed by atoms with van der Waals surface area (Å²) in [5.41, 5.74) is -0.715. The van der Waals surface area contributed by atoms with Gasteiger partial charge in [0.15, 0.2) is 0 Å². The van der Waals surface area contributed by atoms with E-state index < -0.39 is 23.6 Å². The minimum Gasteiger partial charge on any atom is -0.478 e. The van der Waals surface area contributed by atoms with E-state index in [0.717, 1.165) is 0 Å². The van der Waals surface area contributed by atoms with Crippen molar-refractivity contribution in [1.29, 1.82) is 0 Å². The molecule has 0 saturated heterocycles. The molecule has 0 aliphatic heterocycles. The van der Waals surface area contributed by atoms with Crippen molar-refractivity contribution >= 4 is 23.8 Å². The van der Waals surface area contributed by atoms with Crippen molar-refractivity contribution in [1.82, 2.24) is 10.3 Å². The second-order valence-electron chi connectivity index (χ2n) is 5.43. The molecule has 3 N–H and O–H groups in total. The van der Waals surface area contributed by atoms with Crippen LogP contribution in [0.2, 0.25) is 0 Å². The number of hydrogen-bond donors (Lipinski definition) is 3. The third-order valence-corrected chi connectivity index (χ3v) is 2.32.